The van der Waals surface area contributed by atoms with Gasteiger partial charge in [-0.25, -0.2) is 4.98 Å². The molecule has 3 aromatic rings. The lowest BCUT2D eigenvalue weighted by atomic mass is 10.1. The van der Waals surface area contributed by atoms with Gasteiger partial charge in [-0.05, 0) is 68.1 Å². The van der Waals surface area contributed by atoms with E-state index in [0.29, 0.717) is 31.2 Å². The van der Waals surface area contributed by atoms with Crippen molar-refractivity contribution < 1.29 is 14.3 Å². The van der Waals surface area contributed by atoms with Crippen LogP contribution in [-0.2, 0) is 17.8 Å². The molecule has 0 spiro atoms. The molecular weight excluding hydrogens is 376 g/mol. The molecule has 2 aromatic carbocycles. The number of amides is 1. The predicted octanol–water partition coefficient (Wildman–Crippen LogP) is 5.22. The molecular formula is C25H28N2O3. The first kappa shape index (κ1) is 21.4. The van der Waals surface area contributed by atoms with Crippen LogP contribution in [0.2, 0.25) is 0 Å². The summed E-state index contributed by atoms with van der Waals surface area (Å²) in [5, 5.41) is 2.97. The normalized spacial score (nSPS) is 10.5. The van der Waals surface area contributed by atoms with E-state index < -0.39 is 0 Å². The Hall–Kier alpha value is -3.34. The summed E-state index contributed by atoms with van der Waals surface area (Å²) in [6, 6.07) is 19.6. The molecule has 0 saturated carbocycles. The van der Waals surface area contributed by atoms with Gasteiger partial charge in [-0.15, -0.1) is 0 Å². The Morgan fingerprint density at radius 3 is 2.43 bits per heavy atom. The number of carbonyl (C=O) groups is 1. The number of aryl methyl sites for hydroxylation is 2. The average Bonchev–Trinajstić information content (AvgIpc) is 2.76. The molecule has 30 heavy (non-hydrogen) atoms. The third kappa shape index (κ3) is 6.92. The molecule has 156 valence electrons. The fourth-order valence-electron chi connectivity index (χ4n) is 3.00. The van der Waals surface area contributed by atoms with E-state index in [9.17, 15) is 4.79 Å². The van der Waals surface area contributed by atoms with Crippen LogP contribution >= 0.6 is 0 Å². The molecule has 1 aromatic heterocycles. The largest absolute Gasteiger partial charge is 0.494 e. The minimum atomic E-state index is 0.0490. The highest BCUT2D eigenvalue weighted by molar-refractivity contribution is 5.75. The topological polar surface area (TPSA) is 60.5 Å². The van der Waals surface area contributed by atoms with Crippen LogP contribution in [0.4, 0.5) is 0 Å². The number of nitrogens with one attached hydrogen (secondary N) is 1. The number of ether oxygens (including phenoxy) is 2. The van der Waals surface area contributed by atoms with Crippen LogP contribution in [0.25, 0.3) is 0 Å². The number of carbonyl (C=O) groups excluding carboxylic acids is 1. The second kappa shape index (κ2) is 11.0. The lowest BCUT2D eigenvalue weighted by molar-refractivity contribution is -0.121. The molecule has 0 aliphatic rings. The highest BCUT2D eigenvalue weighted by atomic mass is 16.5. The van der Waals surface area contributed by atoms with Crippen LogP contribution in [-0.4, -0.2) is 17.5 Å². The first-order chi connectivity index (χ1) is 14.6. The van der Waals surface area contributed by atoms with Crippen LogP contribution < -0.4 is 14.8 Å². The van der Waals surface area contributed by atoms with Gasteiger partial charge in [0, 0.05) is 25.2 Å². The molecule has 1 heterocycles. The summed E-state index contributed by atoms with van der Waals surface area (Å²) in [7, 11) is 0. The van der Waals surface area contributed by atoms with Gasteiger partial charge in [0.1, 0.15) is 11.5 Å². The fraction of sp³-hybridized carbons (Fsp3) is 0.280. The maximum atomic E-state index is 12.2. The van der Waals surface area contributed by atoms with Crippen molar-refractivity contribution in [3.63, 3.8) is 0 Å². The van der Waals surface area contributed by atoms with E-state index in [-0.39, 0.29) is 5.91 Å². The van der Waals surface area contributed by atoms with Gasteiger partial charge in [0.2, 0.25) is 11.8 Å². The Balaban J connectivity index is 1.44. The van der Waals surface area contributed by atoms with E-state index >= 15 is 0 Å². The van der Waals surface area contributed by atoms with Gasteiger partial charge < -0.3 is 14.8 Å². The SMILES string of the molecule is CCOc1ccc(Oc2cc(CNC(=O)CCCc3ccc(C)cc3)ccn2)cc1. The first-order valence-electron chi connectivity index (χ1n) is 10.3. The van der Waals surface area contributed by atoms with Crippen LogP contribution in [0.1, 0.15) is 36.5 Å². The zero-order chi connectivity index (χ0) is 21.2. The molecule has 0 aliphatic carbocycles. The van der Waals surface area contributed by atoms with Crippen molar-refractivity contribution >= 4 is 5.91 Å². The monoisotopic (exact) mass is 404 g/mol. The number of benzene rings is 2. The molecule has 5 nitrogen and oxygen atoms in total. The number of hydrogen-bond acceptors (Lipinski definition) is 4. The van der Waals surface area contributed by atoms with E-state index in [2.05, 4.69) is 41.5 Å². The van der Waals surface area contributed by atoms with Crippen molar-refractivity contribution in [2.45, 2.75) is 39.7 Å². The number of rotatable bonds is 10. The predicted molar refractivity (Wildman–Crippen MR) is 118 cm³/mol. The van der Waals surface area contributed by atoms with Gasteiger partial charge in [-0.1, -0.05) is 29.8 Å². The highest BCUT2D eigenvalue weighted by Crippen LogP contribution is 2.23. The van der Waals surface area contributed by atoms with Crippen molar-refractivity contribution in [3.05, 3.63) is 83.6 Å². The van der Waals surface area contributed by atoms with E-state index in [0.717, 1.165) is 24.2 Å². The smallest absolute Gasteiger partial charge is 0.220 e. The van der Waals surface area contributed by atoms with Crippen molar-refractivity contribution in [2.75, 3.05) is 6.61 Å². The zero-order valence-electron chi connectivity index (χ0n) is 17.6. The number of pyridine rings is 1. The maximum absolute atomic E-state index is 12.2. The second-order valence-electron chi connectivity index (χ2n) is 7.12. The van der Waals surface area contributed by atoms with Crippen LogP contribution in [0.5, 0.6) is 17.4 Å². The molecule has 0 saturated heterocycles. The van der Waals surface area contributed by atoms with Crippen molar-refractivity contribution in [1.29, 1.82) is 0 Å². The lowest BCUT2D eigenvalue weighted by Crippen LogP contribution is -2.22. The van der Waals surface area contributed by atoms with E-state index in [1.54, 1.807) is 6.20 Å². The molecule has 3 rings (SSSR count). The quantitative estimate of drug-likeness (QED) is 0.503. The summed E-state index contributed by atoms with van der Waals surface area (Å²) in [6.45, 7) is 5.10. The van der Waals surface area contributed by atoms with Gasteiger partial charge in [0.25, 0.3) is 0 Å². The third-order valence-electron chi connectivity index (χ3n) is 4.64. The molecule has 0 fully saturated rings. The molecule has 0 radical (unpaired) electrons. The Morgan fingerprint density at radius 1 is 0.967 bits per heavy atom. The Bertz CT molecular complexity index is 937. The van der Waals surface area contributed by atoms with E-state index in [4.69, 9.17) is 9.47 Å². The van der Waals surface area contributed by atoms with Gasteiger partial charge in [-0.3, -0.25) is 4.79 Å². The van der Waals surface area contributed by atoms with Crippen LogP contribution in [0.15, 0.2) is 66.9 Å². The van der Waals surface area contributed by atoms with Gasteiger partial charge in [-0.2, -0.15) is 0 Å². The Labute approximate surface area is 178 Å². The van der Waals surface area contributed by atoms with Gasteiger partial charge in [0.05, 0.1) is 6.61 Å². The Kier molecular flexibility index (Phi) is 7.84. The summed E-state index contributed by atoms with van der Waals surface area (Å²) in [4.78, 5) is 16.4. The van der Waals surface area contributed by atoms with Crippen LogP contribution in [0.3, 0.4) is 0 Å². The minimum absolute atomic E-state index is 0.0490. The third-order valence-corrected chi connectivity index (χ3v) is 4.64. The van der Waals surface area contributed by atoms with E-state index in [1.165, 1.54) is 11.1 Å². The van der Waals surface area contributed by atoms with E-state index in [1.807, 2.05) is 43.3 Å². The molecule has 0 bridgehead atoms. The van der Waals surface area contributed by atoms with Crippen LogP contribution in [0, 0.1) is 6.92 Å². The molecule has 5 heteroatoms. The first-order valence-corrected chi connectivity index (χ1v) is 10.3. The minimum Gasteiger partial charge on any atom is -0.494 e. The number of hydrogen-bond donors (Lipinski definition) is 1. The molecule has 0 unspecified atom stereocenters. The molecule has 0 atom stereocenters. The van der Waals surface area contributed by atoms with Crippen molar-refractivity contribution in [3.8, 4) is 17.4 Å². The summed E-state index contributed by atoms with van der Waals surface area (Å²) in [5.41, 5.74) is 3.45. The Morgan fingerprint density at radius 2 is 1.70 bits per heavy atom. The fourth-order valence-corrected chi connectivity index (χ4v) is 3.00. The summed E-state index contributed by atoms with van der Waals surface area (Å²) < 4.78 is 11.2. The standard InChI is InChI=1S/C25H28N2O3/c1-3-29-22-11-13-23(14-12-22)30-25-17-21(15-16-26-25)18-27-24(28)6-4-5-20-9-7-19(2)8-10-20/h7-17H,3-6,18H2,1-2H3,(H,27,28). The lowest BCUT2D eigenvalue weighted by Gasteiger charge is -2.09. The maximum Gasteiger partial charge on any atom is 0.220 e. The summed E-state index contributed by atoms with van der Waals surface area (Å²) in [6.07, 6.45) is 3.93. The number of nitrogens with zero attached hydrogens (tertiary/aromatic N) is 1. The van der Waals surface area contributed by atoms with Crippen molar-refractivity contribution in [1.82, 2.24) is 10.3 Å². The number of aromatic nitrogens is 1. The molecule has 1 N–H and O–H groups in total. The molecule has 0 aliphatic heterocycles. The second-order valence-corrected chi connectivity index (χ2v) is 7.12. The van der Waals surface area contributed by atoms with Gasteiger partial charge in [0.15, 0.2) is 0 Å². The average molecular weight is 405 g/mol. The van der Waals surface area contributed by atoms with Crippen molar-refractivity contribution in [2.24, 2.45) is 0 Å². The van der Waals surface area contributed by atoms with Gasteiger partial charge >= 0.3 is 0 Å². The highest BCUT2D eigenvalue weighted by Gasteiger charge is 2.05. The summed E-state index contributed by atoms with van der Waals surface area (Å²) in [5.74, 6) is 2.03. The zero-order valence-corrected chi connectivity index (χ0v) is 17.6. The summed E-state index contributed by atoms with van der Waals surface area (Å²) >= 11 is 0. The molecule has 1 amide bonds.